The molecule has 4 rings (SSSR count). The largest absolute Gasteiger partial charge is 0.462 e. The minimum Gasteiger partial charge on any atom is -0.462 e. The number of allylic oxidation sites excluding steroid dienone is 3. The standard InChI is InChI=1S/C22H18F2N4O5/c23-22(24)9-5-4-8-15(22)21(30)31-12-17-16(33-20(29)14-6-2-1-3-7-14)10-19(32-17)28-13-26-18(11-25)27-28/h1-9,13,15-17,19H,10,12H2/t15?,16-,17+,19?/m0/s1. The molecule has 4 atom stereocenters. The van der Waals surface area contributed by atoms with Crippen molar-refractivity contribution in [2.45, 2.75) is 30.8 Å². The van der Waals surface area contributed by atoms with Gasteiger partial charge in [-0.25, -0.2) is 23.2 Å². The number of hydrogen-bond donors (Lipinski definition) is 0. The van der Waals surface area contributed by atoms with Crippen molar-refractivity contribution in [2.24, 2.45) is 5.92 Å². The lowest BCUT2D eigenvalue weighted by molar-refractivity contribution is -0.161. The summed E-state index contributed by atoms with van der Waals surface area (Å²) >= 11 is 0. The van der Waals surface area contributed by atoms with Gasteiger partial charge in [0.05, 0.1) is 5.56 Å². The number of hydrogen-bond acceptors (Lipinski definition) is 8. The van der Waals surface area contributed by atoms with E-state index in [0.29, 0.717) is 11.6 Å². The Hall–Kier alpha value is -3.91. The lowest BCUT2D eigenvalue weighted by Gasteiger charge is -2.24. The van der Waals surface area contributed by atoms with Gasteiger partial charge in [0.1, 0.15) is 37.1 Å². The van der Waals surface area contributed by atoms with Crippen LogP contribution in [-0.4, -0.2) is 51.4 Å². The number of benzene rings is 1. The van der Waals surface area contributed by atoms with Gasteiger partial charge in [0.15, 0.2) is 6.23 Å². The zero-order valence-corrected chi connectivity index (χ0v) is 17.1. The second-order valence-electron chi connectivity index (χ2n) is 7.36. The molecule has 11 heteroatoms. The third kappa shape index (κ3) is 4.96. The summed E-state index contributed by atoms with van der Waals surface area (Å²) in [6.07, 6.45) is 3.01. The predicted octanol–water partition coefficient (Wildman–Crippen LogP) is 2.58. The summed E-state index contributed by atoms with van der Waals surface area (Å²) in [5.41, 5.74) is 0.308. The number of aromatic nitrogens is 3. The lowest BCUT2D eigenvalue weighted by atomic mass is 9.97. The van der Waals surface area contributed by atoms with Crippen molar-refractivity contribution in [3.63, 3.8) is 0 Å². The van der Waals surface area contributed by atoms with E-state index in [2.05, 4.69) is 10.1 Å². The minimum atomic E-state index is -3.38. The minimum absolute atomic E-state index is 0.0781. The molecule has 1 saturated heterocycles. The maximum Gasteiger partial charge on any atom is 0.338 e. The van der Waals surface area contributed by atoms with E-state index in [9.17, 15) is 18.4 Å². The third-order valence-corrected chi connectivity index (χ3v) is 5.14. The van der Waals surface area contributed by atoms with E-state index in [4.69, 9.17) is 19.5 Å². The predicted molar refractivity (Wildman–Crippen MR) is 107 cm³/mol. The van der Waals surface area contributed by atoms with Crippen LogP contribution in [0, 0.1) is 17.2 Å². The molecule has 2 aromatic rings. The van der Waals surface area contributed by atoms with Crippen LogP contribution >= 0.6 is 0 Å². The molecule has 2 heterocycles. The Morgan fingerprint density at radius 3 is 2.76 bits per heavy atom. The first-order valence-corrected chi connectivity index (χ1v) is 10.0. The topological polar surface area (TPSA) is 116 Å². The Kier molecular flexibility index (Phi) is 6.28. The monoisotopic (exact) mass is 456 g/mol. The quantitative estimate of drug-likeness (QED) is 0.609. The number of nitrogens with zero attached hydrogens (tertiary/aromatic N) is 4. The lowest BCUT2D eigenvalue weighted by Crippen LogP contribution is -2.37. The first kappa shape index (κ1) is 22.3. The zero-order valence-electron chi connectivity index (χ0n) is 17.1. The molecule has 170 valence electrons. The number of alkyl halides is 2. The second-order valence-corrected chi connectivity index (χ2v) is 7.36. The molecule has 1 aromatic heterocycles. The van der Waals surface area contributed by atoms with Crippen LogP contribution in [0.3, 0.4) is 0 Å². The molecule has 0 bridgehead atoms. The highest BCUT2D eigenvalue weighted by molar-refractivity contribution is 5.89. The van der Waals surface area contributed by atoms with Crippen LogP contribution in [0.4, 0.5) is 8.78 Å². The maximum absolute atomic E-state index is 14.0. The summed E-state index contributed by atoms with van der Waals surface area (Å²) in [6.45, 7) is -0.425. The summed E-state index contributed by atoms with van der Waals surface area (Å²) in [5.74, 6) is -6.97. The number of nitriles is 1. The first-order valence-electron chi connectivity index (χ1n) is 10.0. The van der Waals surface area contributed by atoms with Crippen molar-refractivity contribution in [2.75, 3.05) is 6.61 Å². The van der Waals surface area contributed by atoms with E-state index in [0.717, 1.165) is 12.2 Å². The number of ether oxygens (including phenoxy) is 3. The second kappa shape index (κ2) is 9.30. The van der Waals surface area contributed by atoms with E-state index in [1.54, 1.807) is 36.4 Å². The Morgan fingerprint density at radius 2 is 2.06 bits per heavy atom. The highest BCUT2D eigenvalue weighted by Crippen LogP contribution is 2.33. The van der Waals surface area contributed by atoms with Crippen LogP contribution in [-0.2, 0) is 19.0 Å². The van der Waals surface area contributed by atoms with Crippen molar-refractivity contribution in [1.82, 2.24) is 14.8 Å². The van der Waals surface area contributed by atoms with Crippen molar-refractivity contribution in [3.8, 4) is 6.07 Å². The molecular weight excluding hydrogens is 438 g/mol. The number of carbonyl (C=O) groups is 2. The van der Waals surface area contributed by atoms with Crippen molar-refractivity contribution in [1.29, 1.82) is 5.26 Å². The van der Waals surface area contributed by atoms with E-state index in [1.165, 1.54) is 17.1 Å². The summed E-state index contributed by atoms with van der Waals surface area (Å²) in [6, 6.07) is 10.0. The molecule has 0 amide bonds. The molecule has 1 aliphatic heterocycles. The average molecular weight is 456 g/mol. The van der Waals surface area contributed by atoms with Gasteiger partial charge in [-0.05, 0) is 18.2 Å². The Labute approximate surface area is 186 Å². The molecule has 33 heavy (non-hydrogen) atoms. The summed E-state index contributed by atoms with van der Waals surface area (Å²) in [5, 5.41) is 12.9. The Balaban J connectivity index is 1.46. The van der Waals surface area contributed by atoms with Crippen LogP contribution in [0.2, 0.25) is 0 Å². The number of rotatable bonds is 6. The molecule has 0 N–H and O–H groups in total. The fourth-order valence-electron chi connectivity index (χ4n) is 3.46. The normalized spacial score (nSPS) is 25.4. The molecule has 2 aliphatic rings. The van der Waals surface area contributed by atoms with Crippen LogP contribution in [0.15, 0.2) is 61.0 Å². The molecule has 1 aromatic carbocycles. The highest BCUT2D eigenvalue weighted by atomic mass is 19.3. The molecule has 1 aliphatic carbocycles. The van der Waals surface area contributed by atoms with Crippen LogP contribution < -0.4 is 0 Å². The van der Waals surface area contributed by atoms with Gasteiger partial charge in [-0.15, -0.1) is 5.10 Å². The average Bonchev–Trinajstić information content (AvgIpc) is 3.44. The van der Waals surface area contributed by atoms with Gasteiger partial charge in [0.2, 0.25) is 0 Å². The van der Waals surface area contributed by atoms with Gasteiger partial charge in [0.25, 0.3) is 11.7 Å². The molecule has 0 spiro atoms. The molecule has 0 saturated carbocycles. The van der Waals surface area contributed by atoms with Crippen molar-refractivity contribution < 1.29 is 32.6 Å². The van der Waals surface area contributed by atoms with Gasteiger partial charge in [-0.3, -0.25) is 4.79 Å². The number of esters is 2. The van der Waals surface area contributed by atoms with Crippen LogP contribution in [0.25, 0.3) is 0 Å². The molecule has 0 radical (unpaired) electrons. The first-order chi connectivity index (χ1) is 15.9. The Bertz CT molecular complexity index is 1130. The van der Waals surface area contributed by atoms with E-state index in [-0.39, 0.29) is 12.2 Å². The SMILES string of the molecule is N#Cc1ncn(C2C[C@H](OC(=O)c3ccccc3)[C@@H](COC(=O)C3C=CC=CC3(F)F)O2)n1. The summed E-state index contributed by atoms with van der Waals surface area (Å²) in [4.78, 5) is 28.6. The zero-order chi connectivity index (χ0) is 23.4. The molecule has 1 fully saturated rings. The summed E-state index contributed by atoms with van der Waals surface area (Å²) < 4.78 is 45.8. The third-order valence-electron chi connectivity index (χ3n) is 5.14. The molecular formula is C22H18F2N4O5. The van der Waals surface area contributed by atoms with Gasteiger partial charge >= 0.3 is 11.9 Å². The summed E-state index contributed by atoms with van der Waals surface area (Å²) in [7, 11) is 0. The smallest absolute Gasteiger partial charge is 0.338 e. The number of halogens is 2. The van der Waals surface area contributed by atoms with E-state index in [1.807, 2.05) is 0 Å². The van der Waals surface area contributed by atoms with Gasteiger partial charge in [-0.1, -0.05) is 36.4 Å². The number of carbonyl (C=O) groups excluding carboxylic acids is 2. The Morgan fingerprint density at radius 1 is 1.27 bits per heavy atom. The van der Waals surface area contributed by atoms with Gasteiger partial charge in [0, 0.05) is 6.42 Å². The van der Waals surface area contributed by atoms with Gasteiger partial charge < -0.3 is 14.2 Å². The fourth-order valence-corrected chi connectivity index (χ4v) is 3.46. The molecule has 2 unspecified atom stereocenters. The van der Waals surface area contributed by atoms with Crippen molar-refractivity contribution >= 4 is 11.9 Å². The van der Waals surface area contributed by atoms with E-state index < -0.39 is 48.8 Å². The van der Waals surface area contributed by atoms with Crippen molar-refractivity contribution in [3.05, 3.63) is 72.4 Å². The fraction of sp³-hybridized carbons (Fsp3) is 0.318. The molecule has 9 nitrogen and oxygen atoms in total. The van der Waals surface area contributed by atoms with Crippen LogP contribution in [0.5, 0.6) is 0 Å². The highest BCUT2D eigenvalue weighted by Gasteiger charge is 2.44. The van der Waals surface area contributed by atoms with Crippen LogP contribution in [0.1, 0.15) is 28.8 Å². The maximum atomic E-state index is 14.0. The van der Waals surface area contributed by atoms with Gasteiger partial charge in [-0.2, -0.15) is 5.26 Å². The van der Waals surface area contributed by atoms with E-state index >= 15 is 0 Å².